The van der Waals surface area contributed by atoms with Gasteiger partial charge in [0.25, 0.3) is 0 Å². The molecule has 1 aromatic heterocycles. The Bertz CT molecular complexity index is 343. The van der Waals surface area contributed by atoms with Crippen LogP contribution in [0.2, 0.25) is 0 Å². The first-order valence-electron chi connectivity index (χ1n) is 4.88. The summed E-state index contributed by atoms with van der Waals surface area (Å²) in [6.45, 7) is 2.82. The summed E-state index contributed by atoms with van der Waals surface area (Å²) < 4.78 is 1.51. The van der Waals surface area contributed by atoms with Gasteiger partial charge in [0, 0.05) is 12.7 Å². The highest BCUT2D eigenvalue weighted by Gasteiger charge is 2.01. The molecule has 3 N–H and O–H groups in total. The maximum Gasteiger partial charge on any atom is 0.241 e. The third-order valence-corrected chi connectivity index (χ3v) is 1.83. The van der Waals surface area contributed by atoms with Gasteiger partial charge in [0.15, 0.2) is 0 Å². The van der Waals surface area contributed by atoms with Crippen molar-refractivity contribution in [3.05, 3.63) is 24.5 Å². The second-order valence-electron chi connectivity index (χ2n) is 3.18. The Kier molecular flexibility index (Phi) is 4.40. The van der Waals surface area contributed by atoms with Gasteiger partial charge in [0.2, 0.25) is 5.91 Å². The first-order chi connectivity index (χ1) is 7.22. The minimum atomic E-state index is -0.0531. The number of rotatable bonds is 5. The predicted molar refractivity (Wildman–Crippen MR) is 59.1 cm³/mol. The van der Waals surface area contributed by atoms with E-state index in [1.54, 1.807) is 6.20 Å². The van der Waals surface area contributed by atoms with E-state index in [0.29, 0.717) is 12.2 Å². The highest BCUT2D eigenvalue weighted by molar-refractivity contribution is 5.75. The Morgan fingerprint density at radius 1 is 1.73 bits per heavy atom. The van der Waals surface area contributed by atoms with Crippen molar-refractivity contribution in [1.82, 2.24) is 15.1 Å². The van der Waals surface area contributed by atoms with Gasteiger partial charge in [-0.3, -0.25) is 9.48 Å². The SMILES string of the molecule is C/C=C/CCNC(=O)Cn1cc(N)cn1. The van der Waals surface area contributed by atoms with Gasteiger partial charge in [0.05, 0.1) is 11.9 Å². The molecule has 1 heterocycles. The van der Waals surface area contributed by atoms with Gasteiger partial charge in [-0.1, -0.05) is 12.2 Å². The van der Waals surface area contributed by atoms with Gasteiger partial charge >= 0.3 is 0 Å². The zero-order chi connectivity index (χ0) is 11.1. The summed E-state index contributed by atoms with van der Waals surface area (Å²) in [6, 6.07) is 0. The Balaban J connectivity index is 2.24. The van der Waals surface area contributed by atoms with Gasteiger partial charge in [-0.25, -0.2) is 0 Å². The normalized spacial score (nSPS) is 10.7. The molecule has 1 rings (SSSR count). The first kappa shape index (κ1) is 11.3. The number of carbonyl (C=O) groups excluding carboxylic acids is 1. The average molecular weight is 208 g/mol. The molecule has 0 bridgehead atoms. The molecule has 0 saturated carbocycles. The van der Waals surface area contributed by atoms with Crippen LogP contribution >= 0.6 is 0 Å². The number of allylic oxidation sites excluding steroid dienone is 1. The highest BCUT2D eigenvalue weighted by Crippen LogP contribution is 1.96. The zero-order valence-electron chi connectivity index (χ0n) is 8.81. The Labute approximate surface area is 89.0 Å². The average Bonchev–Trinajstić information content (AvgIpc) is 2.59. The van der Waals surface area contributed by atoms with Crippen molar-refractivity contribution in [2.24, 2.45) is 0 Å². The van der Waals surface area contributed by atoms with Crippen molar-refractivity contribution in [1.29, 1.82) is 0 Å². The third kappa shape index (κ3) is 4.30. The molecule has 0 atom stereocenters. The molecule has 1 amide bonds. The number of nitrogens with two attached hydrogens (primary N) is 1. The number of hydrogen-bond donors (Lipinski definition) is 2. The van der Waals surface area contributed by atoms with Gasteiger partial charge in [-0.15, -0.1) is 0 Å². The van der Waals surface area contributed by atoms with Gasteiger partial charge in [0.1, 0.15) is 6.54 Å². The smallest absolute Gasteiger partial charge is 0.241 e. The largest absolute Gasteiger partial charge is 0.396 e. The molecule has 15 heavy (non-hydrogen) atoms. The van der Waals surface area contributed by atoms with Crippen molar-refractivity contribution < 1.29 is 4.79 Å². The lowest BCUT2D eigenvalue weighted by molar-refractivity contribution is -0.121. The number of hydrogen-bond acceptors (Lipinski definition) is 3. The second-order valence-corrected chi connectivity index (χ2v) is 3.18. The molecule has 0 saturated heterocycles. The Morgan fingerprint density at radius 2 is 2.53 bits per heavy atom. The molecule has 0 radical (unpaired) electrons. The van der Waals surface area contributed by atoms with Gasteiger partial charge in [-0.05, 0) is 13.3 Å². The van der Waals surface area contributed by atoms with Crippen molar-refractivity contribution in [3.63, 3.8) is 0 Å². The standard InChI is InChI=1S/C10H16N4O/c1-2-3-4-5-12-10(15)8-14-7-9(11)6-13-14/h2-3,6-7H,4-5,8,11H2,1H3,(H,12,15)/b3-2+. The van der Waals surface area contributed by atoms with Crippen LogP contribution < -0.4 is 11.1 Å². The number of anilines is 1. The van der Waals surface area contributed by atoms with E-state index in [1.165, 1.54) is 10.9 Å². The summed E-state index contributed by atoms with van der Waals surface area (Å²) in [6.07, 6.45) is 7.97. The molecule has 0 aliphatic heterocycles. The fraction of sp³-hybridized carbons (Fsp3) is 0.400. The number of nitrogen functional groups attached to an aromatic ring is 1. The molecule has 0 aromatic carbocycles. The molecule has 82 valence electrons. The number of carbonyl (C=O) groups is 1. The molecule has 0 aliphatic carbocycles. The van der Waals surface area contributed by atoms with Gasteiger partial charge in [-0.2, -0.15) is 5.10 Å². The molecule has 0 aliphatic rings. The molecular formula is C10H16N4O. The molecule has 0 spiro atoms. The van der Waals surface area contributed by atoms with Crippen LogP contribution in [0.5, 0.6) is 0 Å². The maximum atomic E-state index is 11.3. The molecule has 1 aromatic rings. The lowest BCUT2D eigenvalue weighted by Crippen LogP contribution is -2.28. The van der Waals surface area contributed by atoms with Crippen molar-refractivity contribution in [2.75, 3.05) is 12.3 Å². The summed E-state index contributed by atoms with van der Waals surface area (Å²) in [5, 5.41) is 6.70. The highest BCUT2D eigenvalue weighted by atomic mass is 16.2. The number of nitrogens with zero attached hydrogens (tertiary/aromatic N) is 2. The van der Waals surface area contributed by atoms with Crippen LogP contribution in [-0.2, 0) is 11.3 Å². The van der Waals surface area contributed by atoms with Crippen LogP contribution in [0.3, 0.4) is 0 Å². The minimum absolute atomic E-state index is 0.0531. The minimum Gasteiger partial charge on any atom is -0.396 e. The quantitative estimate of drug-likeness (QED) is 0.548. The lowest BCUT2D eigenvalue weighted by Gasteiger charge is -2.03. The van der Waals surface area contributed by atoms with E-state index in [2.05, 4.69) is 10.4 Å². The van der Waals surface area contributed by atoms with Crippen LogP contribution in [0.4, 0.5) is 5.69 Å². The molecule has 0 unspecified atom stereocenters. The van der Waals surface area contributed by atoms with E-state index in [1.807, 2.05) is 19.1 Å². The second kappa shape index (κ2) is 5.85. The third-order valence-electron chi connectivity index (χ3n) is 1.83. The van der Waals surface area contributed by atoms with Crippen LogP contribution in [0.25, 0.3) is 0 Å². The van der Waals surface area contributed by atoms with Crippen LogP contribution in [0.1, 0.15) is 13.3 Å². The zero-order valence-corrected chi connectivity index (χ0v) is 8.81. The Morgan fingerprint density at radius 3 is 3.13 bits per heavy atom. The van der Waals surface area contributed by atoms with Crippen LogP contribution in [0, 0.1) is 0 Å². The van der Waals surface area contributed by atoms with E-state index in [-0.39, 0.29) is 12.5 Å². The van der Waals surface area contributed by atoms with E-state index in [9.17, 15) is 4.79 Å². The topological polar surface area (TPSA) is 72.9 Å². The lowest BCUT2D eigenvalue weighted by atomic mass is 10.4. The molecule has 5 nitrogen and oxygen atoms in total. The van der Waals surface area contributed by atoms with E-state index >= 15 is 0 Å². The van der Waals surface area contributed by atoms with E-state index in [4.69, 9.17) is 5.73 Å². The summed E-state index contributed by atoms with van der Waals surface area (Å²) in [7, 11) is 0. The van der Waals surface area contributed by atoms with Crippen LogP contribution in [0.15, 0.2) is 24.5 Å². The predicted octanol–water partition coefficient (Wildman–Crippen LogP) is 0.548. The van der Waals surface area contributed by atoms with E-state index in [0.717, 1.165) is 6.42 Å². The van der Waals surface area contributed by atoms with Crippen molar-refractivity contribution in [2.45, 2.75) is 19.9 Å². The summed E-state index contributed by atoms with van der Waals surface area (Å²) in [5.41, 5.74) is 6.04. The maximum absolute atomic E-state index is 11.3. The molecule has 5 heteroatoms. The molecule has 0 fully saturated rings. The number of nitrogens with one attached hydrogen (secondary N) is 1. The number of amides is 1. The van der Waals surface area contributed by atoms with Crippen molar-refractivity contribution >= 4 is 11.6 Å². The summed E-state index contributed by atoms with van der Waals surface area (Å²) in [5.74, 6) is -0.0531. The van der Waals surface area contributed by atoms with Gasteiger partial charge < -0.3 is 11.1 Å². The monoisotopic (exact) mass is 208 g/mol. The first-order valence-corrected chi connectivity index (χ1v) is 4.88. The summed E-state index contributed by atoms with van der Waals surface area (Å²) >= 11 is 0. The fourth-order valence-electron chi connectivity index (χ4n) is 1.13. The number of aromatic nitrogens is 2. The van der Waals surface area contributed by atoms with E-state index < -0.39 is 0 Å². The Hall–Kier alpha value is -1.78. The molecular weight excluding hydrogens is 192 g/mol. The summed E-state index contributed by atoms with van der Waals surface area (Å²) in [4.78, 5) is 11.3. The van der Waals surface area contributed by atoms with Crippen molar-refractivity contribution in [3.8, 4) is 0 Å². The van der Waals surface area contributed by atoms with Crippen LogP contribution in [-0.4, -0.2) is 22.2 Å². The fourth-order valence-corrected chi connectivity index (χ4v) is 1.13.